The molecule has 0 radical (unpaired) electrons. The summed E-state index contributed by atoms with van der Waals surface area (Å²) in [6.07, 6.45) is 0. The van der Waals surface area contributed by atoms with Crippen LogP contribution in [0.25, 0.3) is 0 Å². The smallest absolute Gasteiger partial charge is 0.255 e. The molecular formula is C25H24Cl2N2O3. The number of carbonyl (C=O) groups is 2. The van der Waals surface area contributed by atoms with E-state index in [0.717, 1.165) is 5.56 Å². The van der Waals surface area contributed by atoms with E-state index in [9.17, 15) is 9.59 Å². The van der Waals surface area contributed by atoms with Crippen molar-refractivity contribution >= 4 is 46.4 Å². The van der Waals surface area contributed by atoms with Gasteiger partial charge in [0.2, 0.25) is 0 Å². The van der Waals surface area contributed by atoms with Crippen molar-refractivity contribution in [3.8, 4) is 5.75 Å². The van der Waals surface area contributed by atoms with Crippen LogP contribution in [-0.2, 0) is 5.41 Å². The number of amides is 2. The predicted octanol–water partition coefficient (Wildman–Crippen LogP) is 6.80. The van der Waals surface area contributed by atoms with Gasteiger partial charge in [0.15, 0.2) is 0 Å². The van der Waals surface area contributed by atoms with E-state index in [-0.39, 0.29) is 11.3 Å². The maximum atomic E-state index is 12.8. The molecular weight excluding hydrogens is 447 g/mol. The lowest BCUT2D eigenvalue weighted by Gasteiger charge is -2.19. The zero-order valence-electron chi connectivity index (χ0n) is 18.3. The highest BCUT2D eigenvalue weighted by Crippen LogP contribution is 2.29. The molecule has 0 saturated heterocycles. The SMILES string of the molecule is COc1ccc(C(=O)Nc2cc(Cl)ccc2Cl)cc1NC(=O)c1ccc(C(C)(C)C)cc1. The minimum atomic E-state index is -0.401. The fourth-order valence-electron chi connectivity index (χ4n) is 3.05. The van der Waals surface area contributed by atoms with Crippen molar-refractivity contribution in [2.75, 3.05) is 17.7 Å². The summed E-state index contributed by atoms with van der Waals surface area (Å²) >= 11 is 12.1. The molecule has 2 N–H and O–H groups in total. The van der Waals surface area contributed by atoms with Gasteiger partial charge < -0.3 is 15.4 Å². The van der Waals surface area contributed by atoms with Gasteiger partial charge in [-0.3, -0.25) is 9.59 Å². The number of halogens is 2. The molecule has 0 atom stereocenters. The molecule has 0 saturated carbocycles. The third-order valence-corrected chi connectivity index (χ3v) is 5.46. The summed E-state index contributed by atoms with van der Waals surface area (Å²) in [5.74, 6) is -0.275. The first kappa shape index (κ1) is 23.6. The number of benzene rings is 3. The number of hydrogen-bond acceptors (Lipinski definition) is 3. The quantitative estimate of drug-likeness (QED) is 0.430. The number of carbonyl (C=O) groups excluding carboxylic acids is 2. The van der Waals surface area contributed by atoms with E-state index in [1.807, 2.05) is 12.1 Å². The van der Waals surface area contributed by atoms with Gasteiger partial charge in [-0.05, 0) is 59.5 Å². The van der Waals surface area contributed by atoms with Crippen molar-refractivity contribution in [2.24, 2.45) is 0 Å². The predicted molar refractivity (Wildman–Crippen MR) is 131 cm³/mol. The Kier molecular flexibility index (Phi) is 7.12. The third kappa shape index (κ3) is 5.61. The van der Waals surface area contributed by atoms with Crippen molar-refractivity contribution in [1.29, 1.82) is 0 Å². The fraction of sp³-hybridized carbons (Fsp3) is 0.200. The van der Waals surface area contributed by atoms with Gasteiger partial charge in [-0.1, -0.05) is 56.1 Å². The van der Waals surface area contributed by atoms with Crippen LogP contribution in [0.3, 0.4) is 0 Å². The summed E-state index contributed by atoms with van der Waals surface area (Å²) in [4.78, 5) is 25.5. The monoisotopic (exact) mass is 470 g/mol. The Morgan fingerprint density at radius 1 is 0.781 bits per heavy atom. The van der Waals surface area contributed by atoms with Crippen LogP contribution < -0.4 is 15.4 Å². The Bertz CT molecular complexity index is 1150. The van der Waals surface area contributed by atoms with Gasteiger partial charge >= 0.3 is 0 Å². The molecule has 0 unspecified atom stereocenters. The van der Waals surface area contributed by atoms with Crippen LogP contribution in [0.4, 0.5) is 11.4 Å². The van der Waals surface area contributed by atoms with Crippen molar-refractivity contribution in [2.45, 2.75) is 26.2 Å². The molecule has 5 nitrogen and oxygen atoms in total. The van der Waals surface area contributed by atoms with Gasteiger partial charge in [0.25, 0.3) is 11.8 Å². The summed E-state index contributed by atoms with van der Waals surface area (Å²) in [7, 11) is 1.49. The van der Waals surface area contributed by atoms with E-state index in [4.69, 9.17) is 27.9 Å². The lowest BCUT2D eigenvalue weighted by atomic mass is 9.87. The van der Waals surface area contributed by atoms with Crippen LogP contribution in [0.5, 0.6) is 5.75 Å². The van der Waals surface area contributed by atoms with Gasteiger partial charge in [0.05, 0.1) is 23.5 Å². The summed E-state index contributed by atoms with van der Waals surface area (Å²) in [6.45, 7) is 6.33. The molecule has 32 heavy (non-hydrogen) atoms. The van der Waals surface area contributed by atoms with Crippen LogP contribution >= 0.6 is 23.2 Å². The van der Waals surface area contributed by atoms with Crippen LogP contribution in [-0.4, -0.2) is 18.9 Å². The molecule has 3 aromatic rings. The van der Waals surface area contributed by atoms with Gasteiger partial charge in [-0.15, -0.1) is 0 Å². The first-order chi connectivity index (χ1) is 15.1. The van der Waals surface area contributed by atoms with E-state index in [1.54, 1.807) is 48.5 Å². The molecule has 0 aromatic heterocycles. The lowest BCUT2D eigenvalue weighted by molar-refractivity contribution is 0.101. The van der Waals surface area contributed by atoms with E-state index in [2.05, 4.69) is 31.4 Å². The van der Waals surface area contributed by atoms with Gasteiger partial charge in [0.1, 0.15) is 5.75 Å². The molecule has 0 aliphatic heterocycles. The van der Waals surface area contributed by atoms with E-state index in [1.165, 1.54) is 7.11 Å². The van der Waals surface area contributed by atoms with E-state index in [0.29, 0.717) is 38.3 Å². The summed E-state index contributed by atoms with van der Waals surface area (Å²) < 4.78 is 5.35. The standard InChI is InChI=1S/C25H24Cl2N2O3/c1-25(2,3)17-8-5-15(6-9-17)23(30)29-21-13-16(7-12-22(21)32-4)24(31)28-20-14-18(26)10-11-19(20)27/h5-14H,1-4H3,(H,28,31)(H,29,30). The maximum Gasteiger partial charge on any atom is 0.255 e. The minimum Gasteiger partial charge on any atom is -0.495 e. The highest BCUT2D eigenvalue weighted by molar-refractivity contribution is 6.35. The number of anilines is 2. The molecule has 0 heterocycles. The minimum absolute atomic E-state index is 0.00814. The average Bonchev–Trinajstić information content (AvgIpc) is 2.75. The van der Waals surface area contributed by atoms with Crippen LogP contribution in [0.1, 0.15) is 47.1 Å². The third-order valence-electron chi connectivity index (χ3n) is 4.90. The Hall–Kier alpha value is -3.02. The normalized spacial score (nSPS) is 11.1. The highest BCUT2D eigenvalue weighted by Gasteiger charge is 2.17. The Labute approximate surface area is 197 Å². The van der Waals surface area contributed by atoms with Gasteiger partial charge in [-0.2, -0.15) is 0 Å². The second-order valence-corrected chi connectivity index (χ2v) is 9.12. The second kappa shape index (κ2) is 9.63. The van der Waals surface area contributed by atoms with Crippen molar-refractivity contribution in [3.05, 3.63) is 87.4 Å². The molecule has 0 fully saturated rings. The zero-order chi connectivity index (χ0) is 23.5. The number of ether oxygens (including phenoxy) is 1. The Balaban J connectivity index is 1.82. The second-order valence-electron chi connectivity index (χ2n) is 8.27. The first-order valence-corrected chi connectivity index (χ1v) is 10.7. The number of rotatable bonds is 5. The largest absolute Gasteiger partial charge is 0.495 e. The highest BCUT2D eigenvalue weighted by atomic mass is 35.5. The summed E-state index contributed by atoms with van der Waals surface area (Å²) in [6, 6.07) is 17.0. The average molecular weight is 471 g/mol. The maximum absolute atomic E-state index is 12.8. The first-order valence-electron chi connectivity index (χ1n) is 9.95. The van der Waals surface area contributed by atoms with E-state index >= 15 is 0 Å². The number of hydrogen-bond donors (Lipinski definition) is 2. The number of methoxy groups -OCH3 is 1. The molecule has 7 heteroatoms. The van der Waals surface area contributed by atoms with Crippen LogP contribution in [0.2, 0.25) is 10.0 Å². The number of nitrogens with one attached hydrogen (secondary N) is 2. The molecule has 2 amide bonds. The fourth-order valence-corrected chi connectivity index (χ4v) is 3.39. The summed E-state index contributed by atoms with van der Waals surface area (Å²) in [5.41, 5.74) is 2.71. The molecule has 3 rings (SSSR count). The molecule has 166 valence electrons. The van der Waals surface area contributed by atoms with Gasteiger partial charge in [-0.25, -0.2) is 0 Å². The molecule has 3 aromatic carbocycles. The molecule has 0 bridgehead atoms. The zero-order valence-corrected chi connectivity index (χ0v) is 19.8. The van der Waals surface area contributed by atoms with Crippen molar-refractivity contribution in [3.63, 3.8) is 0 Å². The topological polar surface area (TPSA) is 67.4 Å². The Morgan fingerprint density at radius 3 is 2.00 bits per heavy atom. The lowest BCUT2D eigenvalue weighted by Crippen LogP contribution is -2.16. The molecule has 0 spiro atoms. The Morgan fingerprint density at radius 2 is 1.38 bits per heavy atom. The summed E-state index contributed by atoms with van der Waals surface area (Å²) in [5, 5.41) is 6.37. The molecule has 0 aliphatic carbocycles. The molecule has 0 aliphatic rings. The van der Waals surface area contributed by atoms with Crippen LogP contribution in [0.15, 0.2) is 60.7 Å². The van der Waals surface area contributed by atoms with Gasteiger partial charge in [0, 0.05) is 16.1 Å². The van der Waals surface area contributed by atoms with E-state index < -0.39 is 5.91 Å². The van der Waals surface area contributed by atoms with Crippen molar-refractivity contribution < 1.29 is 14.3 Å². The van der Waals surface area contributed by atoms with Crippen LogP contribution in [0, 0.1) is 0 Å². The van der Waals surface area contributed by atoms with Crippen molar-refractivity contribution in [1.82, 2.24) is 0 Å².